The first-order chi connectivity index (χ1) is 13.5. The minimum absolute atomic E-state index is 0.0201. The maximum atomic E-state index is 12.5. The van der Waals surface area contributed by atoms with Gasteiger partial charge in [-0.05, 0) is 43.2 Å². The highest BCUT2D eigenvalue weighted by molar-refractivity contribution is 6.30. The quantitative estimate of drug-likeness (QED) is 0.753. The smallest absolute Gasteiger partial charge is 0.340 e. The second-order valence-electron chi connectivity index (χ2n) is 6.59. The first-order valence-electron chi connectivity index (χ1n) is 9.07. The normalized spacial score (nSPS) is 14.6. The highest BCUT2D eigenvalue weighted by Crippen LogP contribution is 2.26. The molecule has 3 rings (SSSR count). The van der Waals surface area contributed by atoms with Crippen LogP contribution in [0.25, 0.3) is 0 Å². The summed E-state index contributed by atoms with van der Waals surface area (Å²) in [5.41, 5.74) is 1.64. The number of halogens is 1. The first-order valence-corrected chi connectivity index (χ1v) is 9.45. The van der Waals surface area contributed by atoms with Crippen molar-refractivity contribution in [1.29, 1.82) is 0 Å². The van der Waals surface area contributed by atoms with Gasteiger partial charge in [-0.3, -0.25) is 9.59 Å². The van der Waals surface area contributed by atoms with Crippen molar-refractivity contribution in [3.8, 4) is 0 Å². The molecule has 0 radical (unpaired) electrons. The molecule has 0 aliphatic carbocycles. The lowest BCUT2D eigenvalue weighted by atomic mass is 10.1. The molecule has 1 aliphatic heterocycles. The van der Waals surface area contributed by atoms with Crippen LogP contribution in [0.5, 0.6) is 0 Å². The number of carbonyl (C=O) groups excluding carboxylic acids is 3. The molecule has 0 unspecified atom stereocenters. The molecule has 2 aromatic carbocycles. The van der Waals surface area contributed by atoms with E-state index in [9.17, 15) is 14.4 Å². The van der Waals surface area contributed by atoms with E-state index in [1.807, 2.05) is 13.0 Å². The Labute approximate surface area is 168 Å². The number of nitrogens with one attached hydrogen (secondary N) is 1. The van der Waals surface area contributed by atoms with Gasteiger partial charge in [0.1, 0.15) is 0 Å². The van der Waals surface area contributed by atoms with Gasteiger partial charge in [-0.15, -0.1) is 0 Å². The zero-order valence-electron chi connectivity index (χ0n) is 15.5. The predicted molar refractivity (Wildman–Crippen MR) is 106 cm³/mol. The number of ether oxygens (including phenoxy) is 1. The van der Waals surface area contributed by atoms with E-state index in [0.29, 0.717) is 23.7 Å². The molecule has 2 amide bonds. The molecule has 1 fully saturated rings. The lowest BCUT2D eigenvalue weighted by molar-refractivity contribution is -0.125. The van der Waals surface area contributed by atoms with Crippen molar-refractivity contribution < 1.29 is 19.1 Å². The molecule has 1 saturated heterocycles. The molecular formula is C21H21ClN2O4. The molecule has 1 aliphatic rings. The Hall–Kier alpha value is -2.86. The topological polar surface area (TPSA) is 75.7 Å². The summed E-state index contributed by atoms with van der Waals surface area (Å²) in [5, 5.41) is 3.35. The van der Waals surface area contributed by atoms with Crippen LogP contribution in [0.4, 0.5) is 5.69 Å². The molecule has 1 heterocycles. The second kappa shape index (κ2) is 8.89. The average molecular weight is 401 g/mol. The van der Waals surface area contributed by atoms with Gasteiger partial charge in [-0.25, -0.2) is 4.79 Å². The van der Waals surface area contributed by atoms with Crippen molar-refractivity contribution >= 4 is 35.1 Å². The third kappa shape index (κ3) is 4.70. The number of para-hydroxylation sites is 1. The van der Waals surface area contributed by atoms with E-state index in [4.69, 9.17) is 16.3 Å². The van der Waals surface area contributed by atoms with Crippen LogP contribution in [-0.2, 0) is 14.3 Å². The van der Waals surface area contributed by atoms with Crippen LogP contribution in [0, 0.1) is 0 Å². The van der Waals surface area contributed by atoms with Crippen LogP contribution in [0.3, 0.4) is 0 Å². The van der Waals surface area contributed by atoms with E-state index >= 15 is 0 Å². The molecule has 2 aromatic rings. The summed E-state index contributed by atoms with van der Waals surface area (Å²) in [7, 11) is 0. The molecule has 0 spiro atoms. The van der Waals surface area contributed by atoms with E-state index in [-0.39, 0.29) is 17.5 Å². The molecule has 0 bridgehead atoms. The number of hydrogen-bond donors (Lipinski definition) is 1. The van der Waals surface area contributed by atoms with Gasteiger partial charge in [0.05, 0.1) is 17.3 Å². The van der Waals surface area contributed by atoms with E-state index in [0.717, 1.165) is 12.0 Å². The van der Waals surface area contributed by atoms with E-state index in [1.54, 1.807) is 47.4 Å². The molecule has 0 aromatic heterocycles. The zero-order valence-corrected chi connectivity index (χ0v) is 16.2. The van der Waals surface area contributed by atoms with Gasteiger partial charge in [-0.1, -0.05) is 35.9 Å². The van der Waals surface area contributed by atoms with Crippen LogP contribution in [0.15, 0.2) is 48.5 Å². The van der Waals surface area contributed by atoms with E-state index in [1.165, 1.54) is 0 Å². The highest BCUT2D eigenvalue weighted by Gasteiger charge is 2.26. The summed E-state index contributed by atoms with van der Waals surface area (Å²) in [6, 6.07) is 13.7. The Bertz CT molecular complexity index is 899. The highest BCUT2D eigenvalue weighted by atomic mass is 35.5. The van der Waals surface area contributed by atoms with Crippen molar-refractivity contribution in [2.45, 2.75) is 25.8 Å². The third-order valence-electron chi connectivity index (χ3n) is 4.55. The molecule has 146 valence electrons. The predicted octanol–water partition coefficient (Wildman–Crippen LogP) is 3.50. The maximum Gasteiger partial charge on any atom is 0.340 e. The van der Waals surface area contributed by atoms with Crippen molar-refractivity contribution in [1.82, 2.24) is 5.32 Å². The Morgan fingerprint density at radius 3 is 2.71 bits per heavy atom. The van der Waals surface area contributed by atoms with Crippen LogP contribution in [0.2, 0.25) is 5.02 Å². The SMILES string of the molecule is C[C@H](NC(=O)COC(=O)c1ccccc1N1CCCC1=O)c1cccc(Cl)c1. The van der Waals surface area contributed by atoms with Crippen LogP contribution < -0.4 is 10.2 Å². The van der Waals surface area contributed by atoms with Crippen molar-refractivity contribution in [2.75, 3.05) is 18.1 Å². The number of nitrogens with zero attached hydrogens (tertiary/aromatic N) is 1. The number of rotatable bonds is 6. The second-order valence-corrected chi connectivity index (χ2v) is 7.02. The minimum Gasteiger partial charge on any atom is -0.452 e. The van der Waals surface area contributed by atoms with Crippen molar-refractivity contribution in [3.63, 3.8) is 0 Å². The van der Waals surface area contributed by atoms with Gasteiger partial charge < -0.3 is 15.0 Å². The molecule has 0 saturated carbocycles. The van der Waals surface area contributed by atoms with E-state index in [2.05, 4.69) is 5.32 Å². The van der Waals surface area contributed by atoms with Gasteiger partial charge in [0.2, 0.25) is 5.91 Å². The summed E-state index contributed by atoms with van der Waals surface area (Å²) < 4.78 is 5.17. The number of hydrogen-bond acceptors (Lipinski definition) is 4. The number of anilines is 1. The summed E-state index contributed by atoms with van der Waals surface area (Å²) in [5.74, 6) is -1.08. The van der Waals surface area contributed by atoms with Gasteiger partial charge in [-0.2, -0.15) is 0 Å². The molecule has 1 N–H and O–H groups in total. The number of esters is 1. The molecular weight excluding hydrogens is 380 g/mol. The lowest BCUT2D eigenvalue weighted by Crippen LogP contribution is -2.31. The van der Waals surface area contributed by atoms with Gasteiger partial charge in [0.15, 0.2) is 6.61 Å². The zero-order chi connectivity index (χ0) is 20.1. The number of carbonyl (C=O) groups is 3. The largest absolute Gasteiger partial charge is 0.452 e. The standard InChI is InChI=1S/C21H21ClN2O4/c1-14(15-6-4-7-16(22)12-15)23-19(25)13-28-21(27)17-8-2-3-9-18(17)24-11-5-10-20(24)26/h2-4,6-9,12,14H,5,10-11,13H2,1H3,(H,23,25)/t14-/m0/s1. The number of benzene rings is 2. The summed E-state index contributed by atoms with van der Waals surface area (Å²) in [6.07, 6.45) is 1.22. The lowest BCUT2D eigenvalue weighted by Gasteiger charge is -2.19. The van der Waals surface area contributed by atoms with Gasteiger partial charge >= 0.3 is 5.97 Å². The molecule has 7 heteroatoms. The van der Waals surface area contributed by atoms with Gasteiger partial charge in [0.25, 0.3) is 5.91 Å². The van der Waals surface area contributed by atoms with Crippen LogP contribution in [-0.4, -0.2) is 30.9 Å². The number of amides is 2. The molecule has 28 heavy (non-hydrogen) atoms. The Morgan fingerprint density at radius 2 is 2.00 bits per heavy atom. The monoisotopic (exact) mass is 400 g/mol. The Balaban J connectivity index is 1.60. The van der Waals surface area contributed by atoms with Crippen molar-refractivity contribution in [3.05, 3.63) is 64.7 Å². The minimum atomic E-state index is -0.638. The van der Waals surface area contributed by atoms with E-state index < -0.39 is 18.5 Å². The Kier molecular flexibility index (Phi) is 6.31. The Morgan fingerprint density at radius 1 is 1.21 bits per heavy atom. The summed E-state index contributed by atoms with van der Waals surface area (Å²) >= 11 is 5.96. The fourth-order valence-electron chi connectivity index (χ4n) is 3.14. The van der Waals surface area contributed by atoms with Crippen molar-refractivity contribution in [2.24, 2.45) is 0 Å². The fourth-order valence-corrected chi connectivity index (χ4v) is 3.33. The van der Waals surface area contributed by atoms with Crippen LogP contribution in [0.1, 0.15) is 41.7 Å². The third-order valence-corrected chi connectivity index (χ3v) is 4.78. The van der Waals surface area contributed by atoms with Gasteiger partial charge in [0, 0.05) is 18.0 Å². The molecule has 1 atom stereocenters. The summed E-state index contributed by atoms with van der Waals surface area (Å²) in [4.78, 5) is 38.2. The summed E-state index contributed by atoms with van der Waals surface area (Å²) in [6.45, 7) is 1.98. The average Bonchev–Trinajstić information content (AvgIpc) is 3.12. The maximum absolute atomic E-state index is 12.5. The first kappa shape index (κ1) is 19.9. The fraction of sp³-hybridized carbons (Fsp3) is 0.286. The van der Waals surface area contributed by atoms with Crippen LogP contribution >= 0.6 is 11.6 Å². The molecule has 6 nitrogen and oxygen atoms in total.